The summed E-state index contributed by atoms with van der Waals surface area (Å²) < 4.78 is 5.66. The van der Waals surface area contributed by atoms with Gasteiger partial charge in [0.2, 0.25) is 0 Å². The maximum atomic E-state index is 12.0. The highest BCUT2D eigenvalue weighted by molar-refractivity contribution is 5.85. The van der Waals surface area contributed by atoms with Gasteiger partial charge in [-0.15, -0.1) is 12.4 Å². The number of likely N-dealkylation sites (tertiary alicyclic amines) is 1. The van der Waals surface area contributed by atoms with Crippen molar-refractivity contribution in [3.05, 3.63) is 29.3 Å². The molecule has 3 aliphatic rings. The van der Waals surface area contributed by atoms with Gasteiger partial charge >= 0.3 is 6.09 Å². The summed E-state index contributed by atoms with van der Waals surface area (Å²) in [4.78, 5) is 16.3. The highest BCUT2D eigenvalue weighted by Crippen LogP contribution is 2.44. The first-order valence-corrected chi connectivity index (χ1v) is 11.9. The molecule has 168 valence electrons. The number of nitrogens with zero attached hydrogens (tertiary/aromatic N) is 2. The molecular weight excluding hydrogens is 396 g/mol. The Morgan fingerprint density at radius 1 is 1.10 bits per heavy atom. The second kappa shape index (κ2) is 10.9. The topological polar surface area (TPSA) is 32.8 Å². The van der Waals surface area contributed by atoms with Crippen molar-refractivity contribution in [2.75, 3.05) is 27.2 Å². The molecule has 0 unspecified atom stereocenters. The lowest BCUT2D eigenvalue weighted by Crippen LogP contribution is -2.36. The van der Waals surface area contributed by atoms with Crippen molar-refractivity contribution in [1.29, 1.82) is 0 Å². The Morgan fingerprint density at radius 3 is 2.67 bits per heavy atom. The normalized spacial score (nSPS) is 23.9. The van der Waals surface area contributed by atoms with Crippen LogP contribution in [0.15, 0.2) is 18.2 Å². The van der Waals surface area contributed by atoms with E-state index in [1.807, 2.05) is 6.07 Å². The minimum Gasteiger partial charge on any atom is -0.410 e. The first-order valence-electron chi connectivity index (χ1n) is 11.9. The summed E-state index contributed by atoms with van der Waals surface area (Å²) >= 11 is 0. The fourth-order valence-electron chi connectivity index (χ4n) is 5.94. The second-order valence-electron chi connectivity index (χ2n) is 9.62. The van der Waals surface area contributed by atoms with Crippen LogP contribution in [0, 0.1) is 5.92 Å². The molecule has 1 heterocycles. The van der Waals surface area contributed by atoms with Crippen molar-refractivity contribution in [3.63, 3.8) is 0 Å². The minimum atomic E-state index is -0.286. The van der Waals surface area contributed by atoms with Gasteiger partial charge in [-0.1, -0.05) is 57.1 Å². The van der Waals surface area contributed by atoms with E-state index in [0.717, 1.165) is 18.1 Å². The van der Waals surface area contributed by atoms with Crippen LogP contribution in [-0.2, 0) is 6.42 Å². The van der Waals surface area contributed by atoms with Crippen LogP contribution in [0.1, 0.15) is 81.3 Å². The molecule has 1 aromatic carbocycles. The van der Waals surface area contributed by atoms with E-state index in [9.17, 15) is 4.79 Å². The summed E-state index contributed by atoms with van der Waals surface area (Å²) in [6, 6.07) is 6.97. The molecule has 0 radical (unpaired) electrons. The molecule has 2 fully saturated rings. The van der Waals surface area contributed by atoms with Crippen LogP contribution in [0.5, 0.6) is 5.75 Å². The molecule has 4 nitrogen and oxygen atoms in total. The average Bonchev–Trinajstić information content (AvgIpc) is 3.15. The number of hydrogen-bond donors (Lipinski definition) is 0. The van der Waals surface area contributed by atoms with E-state index in [0.29, 0.717) is 12.0 Å². The molecule has 2 aliphatic carbocycles. The maximum Gasteiger partial charge on any atom is 0.414 e. The SMILES string of the molecule is CN(C)C(=O)Oc1cccc2c1CC[C@H]1[C@@H]2CCN1CCCCC1CCCCC1.Cl. The highest BCUT2D eigenvalue weighted by Gasteiger charge is 2.39. The third-order valence-electron chi connectivity index (χ3n) is 7.51. The lowest BCUT2D eigenvalue weighted by molar-refractivity contribution is 0.170. The highest BCUT2D eigenvalue weighted by atomic mass is 35.5. The predicted octanol–water partition coefficient (Wildman–Crippen LogP) is 6.02. The number of ether oxygens (including phenoxy) is 1. The molecule has 1 aromatic rings. The Bertz CT molecular complexity index is 702. The Balaban J connectivity index is 0.00000256. The Labute approximate surface area is 188 Å². The monoisotopic (exact) mass is 434 g/mol. The number of rotatable bonds is 6. The van der Waals surface area contributed by atoms with E-state index >= 15 is 0 Å². The first-order chi connectivity index (χ1) is 14.1. The first kappa shape index (κ1) is 23.4. The molecule has 0 N–H and O–H groups in total. The van der Waals surface area contributed by atoms with Gasteiger partial charge in [0.25, 0.3) is 0 Å². The summed E-state index contributed by atoms with van der Waals surface area (Å²) in [5, 5.41) is 0. The van der Waals surface area contributed by atoms with E-state index in [2.05, 4.69) is 17.0 Å². The van der Waals surface area contributed by atoms with Gasteiger partial charge in [-0.25, -0.2) is 4.79 Å². The van der Waals surface area contributed by atoms with E-state index in [-0.39, 0.29) is 18.5 Å². The largest absolute Gasteiger partial charge is 0.414 e. The Kier molecular flexibility index (Phi) is 8.47. The number of hydrogen-bond acceptors (Lipinski definition) is 3. The lowest BCUT2D eigenvalue weighted by Gasteiger charge is -2.34. The van der Waals surface area contributed by atoms with Gasteiger partial charge in [-0.3, -0.25) is 4.90 Å². The standard InChI is InChI=1S/C25H38N2O2.ClH/c1-26(2)25(28)29-24-13-8-12-20-21-16-18-27(23(21)15-14-22(20)24)17-7-6-11-19-9-4-3-5-10-19;/h8,12-13,19,21,23H,3-7,9-11,14-18H2,1-2H3;1H/t21-,23+;/m1./s1. The molecule has 5 heteroatoms. The van der Waals surface area contributed by atoms with Gasteiger partial charge < -0.3 is 9.64 Å². The molecule has 1 amide bonds. The van der Waals surface area contributed by atoms with Crippen LogP contribution in [0.25, 0.3) is 0 Å². The molecule has 1 saturated heterocycles. The van der Waals surface area contributed by atoms with Crippen molar-refractivity contribution >= 4 is 18.5 Å². The van der Waals surface area contributed by atoms with E-state index in [1.165, 1.54) is 93.3 Å². The van der Waals surface area contributed by atoms with E-state index < -0.39 is 0 Å². The van der Waals surface area contributed by atoms with Gasteiger partial charge in [0.05, 0.1) is 0 Å². The van der Waals surface area contributed by atoms with Crippen LogP contribution in [-0.4, -0.2) is 49.1 Å². The van der Waals surface area contributed by atoms with Crippen molar-refractivity contribution in [1.82, 2.24) is 9.80 Å². The van der Waals surface area contributed by atoms with E-state index in [4.69, 9.17) is 4.74 Å². The van der Waals surface area contributed by atoms with Gasteiger partial charge in [0.1, 0.15) is 5.75 Å². The van der Waals surface area contributed by atoms with Crippen LogP contribution in [0.2, 0.25) is 0 Å². The zero-order valence-corrected chi connectivity index (χ0v) is 19.6. The van der Waals surface area contributed by atoms with Crippen LogP contribution < -0.4 is 4.74 Å². The Morgan fingerprint density at radius 2 is 1.90 bits per heavy atom. The molecule has 1 saturated carbocycles. The van der Waals surface area contributed by atoms with Gasteiger partial charge in [0.15, 0.2) is 0 Å². The third-order valence-corrected chi connectivity index (χ3v) is 7.51. The molecule has 0 spiro atoms. The summed E-state index contributed by atoms with van der Waals surface area (Å²) in [5.74, 6) is 2.39. The quantitative estimate of drug-likeness (QED) is 0.513. The van der Waals surface area contributed by atoms with Crippen LogP contribution >= 0.6 is 12.4 Å². The van der Waals surface area contributed by atoms with Gasteiger partial charge in [0, 0.05) is 26.1 Å². The van der Waals surface area contributed by atoms with E-state index in [1.54, 1.807) is 14.1 Å². The minimum absolute atomic E-state index is 0. The number of fused-ring (bicyclic) bond motifs is 3. The number of benzene rings is 1. The van der Waals surface area contributed by atoms with Crippen LogP contribution in [0.4, 0.5) is 4.79 Å². The number of carbonyl (C=O) groups excluding carboxylic acids is 1. The number of carbonyl (C=O) groups is 1. The third kappa shape index (κ3) is 5.31. The molecule has 2 atom stereocenters. The number of halogens is 1. The summed E-state index contributed by atoms with van der Waals surface area (Å²) in [6.45, 7) is 2.48. The molecule has 0 bridgehead atoms. The number of amides is 1. The molecule has 4 rings (SSSR count). The maximum absolute atomic E-state index is 12.0. The lowest BCUT2D eigenvalue weighted by atomic mass is 9.79. The Hall–Kier alpha value is -1.26. The second-order valence-corrected chi connectivity index (χ2v) is 9.62. The zero-order chi connectivity index (χ0) is 20.2. The average molecular weight is 435 g/mol. The fourth-order valence-corrected chi connectivity index (χ4v) is 5.94. The zero-order valence-electron chi connectivity index (χ0n) is 18.8. The van der Waals surface area contributed by atoms with Crippen molar-refractivity contribution in [3.8, 4) is 5.75 Å². The summed E-state index contributed by atoms with van der Waals surface area (Å²) in [7, 11) is 3.47. The van der Waals surface area contributed by atoms with Crippen molar-refractivity contribution in [2.45, 2.75) is 82.6 Å². The molecule has 30 heavy (non-hydrogen) atoms. The van der Waals surface area contributed by atoms with Gasteiger partial charge in [-0.2, -0.15) is 0 Å². The van der Waals surface area contributed by atoms with Crippen molar-refractivity contribution in [2.24, 2.45) is 5.92 Å². The summed E-state index contributed by atoms with van der Waals surface area (Å²) in [6.07, 6.45) is 14.7. The predicted molar refractivity (Wildman–Crippen MR) is 125 cm³/mol. The number of unbranched alkanes of at least 4 members (excludes halogenated alkanes) is 1. The molecular formula is C25H39ClN2O2. The smallest absolute Gasteiger partial charge is 0.410 e. The molecule has 0 aromatic heterocycles. The summed E-state index contributed by atoms with van der Waals surface area (Å²) in [5.41, 5.74) is 2.69. The fraction of sp³-hybridized carbons (Fsp3) is 0.720. The molecule has 1 aliphatic heterocycles. The van der Waals surface area contributed by atoms with Crippen LogP contribution in [0.3, 0.4) is 0 Å². The van der Waals surface area contributed by atoms with Crippen molar-refractivity contribution < 1.29 is 9.53 Å². The van der Waals surface area contributed by atoms with Gasteiger partial charge in [-0.05, 0) is 61.9 Å².